The molecule has 0 aliphatic carbocycles. The van der Waals surface area contributed by atoms with E-state index >= 15 is 0 Å². The number of nitriles is 1. The molecule has 7 nitrogen and oxygen atoms in total. The molecule has 0 radical (unpaired) electrons. The third-order valence-corrected chi connectivity index (χ3v) is 3.56. The van der Waals surface area contributed by atoms with Gasteiger partial charge in [0.1, 0.15) is 12.4 Å². The minimum atomic E-state index is -0.394. The molecular weight excluding hydrogens is 294 g/mol. The zero-order valence-corrected chi connectivity index (χ0v) is 12.6. The van der Waals surface area contributed by atoms with Crippen LogP contribution in [0.25, 0.3) is 0 Å². The van der Waals surface area contributed by atoms with Crippen molar-refractivity contribution in [1.82, 2.24) is 9.97 Å². The molecule has 1 N–H and O–H groups in total. The van der Waals surface area contributed by atoms with Crippen LogP contribution < -0.4 is 10.2 Å². The van der Waals surface area contributed by atoms with E-state index in [0.29, 0.717) is 30.5 Å². The second-order valence-electron chi connectivity index (χ2n) is 5.10. The van der Waals surface area contributed by atoms with E-state index in [1.807, 2.05) is 19.1 Å². The Morgan fingerprint density at radius 2 is 2.13 bits per heavy atom. The summed E-state index contributed by atoms with van der Waals surface area (Å²) in [5.41, 5.74) is 1.63. The summed E-state index contributed by atoms with van der Waals surface area (Å²) in [4.78, 5) is 21.6. The van der Waals surface area contributed by atoms with Crippen LogP contribution in [0.15, 0.2) is 36.5 Å². The van der Waals surface area contributed by atoms with E-state index in [0.717, 1.165) is 5.56 Å². The Morgan fingerprint density at radius 3 is 2.78 bits per heavy atom. The van der Waals surface area contributed by atoms with Crippen LogP contribution in [-0.4, -0.2) is 29.2 Å². The lowest BCUT2D eigenvalue weighted by Gasteiger charge is -2.16. The Bertz CT molecular complexity index is 754. The first-order chi connectivity index (χ1) is 11.2. The third kappa shape index (κ3) is 3.21. The second kappa shape index (κ2) is 6.32. The second-order valence-corrected chi connectivity index (χ2v) is 5.10. The third-order valence-electron chi connectivity index (χ3n) is 3.56. The van der Waals surface area contributed by atoms with Gasteiger partial charge in [0.15, 0.2) is 0 Å². The molecule has 1 aromatic heterocycles. The van der Waals surface area contributed by atoms with Gasteiger partial charge >= 0.3 is 6.09 Å². The predicted octanol–water partition coefficient (Wildman–Crippen LogP) is 2.48. The van der Waals surface area contributed by atoms with Gasteiger partial charge in [-0.3, -0.25) is 4.90 Å². The molecule has 0 spiro atoms. The number of anilines is 2. The number of aromatic nitrogens is 2. The van der Waals surface area contributed by atoms with Crippen LogP contribution in [-0.2, 0) is 4.74 Å². The zero-order valence-electron chi connectivity index (χ0n) is 12.6. The summed E-state index contributed by atoms with van der Waals surface area (Å²) < 4.78 is 4.91. The van der Waals surface area contributed by atoms with Gasteiger partial charge in [0.05, 0.1) is 24.2 Å². The molecule has 1 saturated heterocycles. The Labute approximate surface area is 133 Å². The fourth-order valence-electron chi connectivity index (χ4n) is 2.29. The average Bonchev–Trinajstić information content (AvgIpc) is 3.01. The van der Waals surface area contributed by atoms with Crippen LogP contribution in [0, 0.1) is 11.3 Å². The molecule has 7 heteroatoms. The lowest BCUT2D eigenvalue weighted by atomic mass is 10.1. The summed E-state index contributed by atoms with van der Waals surface area (Å²) in [6.07, 6.45) is 1.21. The van der Waals surface area contributed by atoms with Gasteiger partial charge in [-0.2, -0.15) is 10.2 Å². The van der Waals surface area contributed by atoms with Crippen molar-refractivity contribution in [2.75, 3.05) is 23.4 Å². The van der Waals surface area contributed by atoms with Crippen molar-refractivity contribution in [3.05, 3.63) is 47.7 Å². The summed E-state index contributed by atoms with van der Waals surface area (Å²) in [5, 5.41) is 12.0. The number of rotatable bonds is 4. The number of hydrogen-bond donors (Lipinski definition) is 1. The smallest absolute Gasteiger partial charge is 0.415 e. The lowest BCUT2D eigenvalue weighted by Crippen LogP contribution is -2.25. The molecule has 3 rings (SSSR count). The van der Waals surface area contributed by atoms with Crippen LogP contribution >= 0.6 is 0 Å². The average molecular weight is 309 g/mol. The van der Waals surface area contributed by atoms with Crippen LogP contribution in [0.2, 0.25) is 0 Å². The fourth-order valence-corrected chi connectivity index (χ4v) is 2.29. The highest BCUT2D eigenvalue weighted by atomic mass is 16.6. The van der Waals surface area contributed by atoms with Gasteiger partial charge in [-0.25, -0.2) is 9.78 Å². The summed E-state index contributed by atoms with van der Waals surface area (Å²) in [6, 6.07) is 11.0. The van der Waals surface area contributed by atoms with Crippen molar-refractivity contribution in [1.29, 1.82) is 5.26 Å². The van der Waals surface area contributed by atoms with Crippen molar-refractivity contribution in [3.8, 4) is 6.07 Å². The molecule has 2 heterocycles. The monoisotopic (exact) mass is 309 g/mol. The largest absolute Gasteiger partial charge is 0.447 e. The number of ether oxygens (including phenoxy) is 1. The van der Waals surface area contributed by atoms with Crippen LogP contribution in [0.4, 0.5) is 16.6 Å². The number of carbonyl (C=O) groups is 1. The first-order valence-electron chi connectivity index (χ1n) is 7.21. The summed E-state index contributed by atoms with van der Waals surface area (Å²) in [7, 11) is 0. The maximum absolute atomic E-state index is 11.6. The molecule has 0 bridgehead atoms. The number of amides is 1. The molecule has 1 fully saturated rings. The van der Waals surface area contributed by atoms with Gasteiger partial charge in [-0.15, -0.1) is 0 Å². The minimum Gasteiger partial charge on any atom is -0.447 e. The topological polar surface area (TPSA) is 91.1 Å². The molecule has 2 aromatic rings. The molecule has 23 heavy (non-hydrogen) atoms. The number of benzene rings is 1. The molecular formula is C16H15N5O2. The van der Waals surface area contributed by atoms with Gasteiger partial charge in [0, 0.05) is 6.20 Å². The summed E-state index contributed by atoms with van der Waals surface area (Å²) >= 11 is 0. The Hall–Kier alpha value is -3.14. The number of hydrogen-bond acceptors (Lipinski definition) is 6. The predicted molar refractivity (Wildman–Crippen MR) is 83.9 cm³/mol. The van der Waals surface area contributed by atoms with E-state index in [1.54, 1.807) is 24.4 Å². The maximum atomic E-state index is 11.6. The van der Waals surface area contributed by atoms with Crippen molar-refractivity contribution in [2.24, 2.45) is 0 Å². The molecule has 1 aliphatic rings. The number of carbonyl (C=O) groups excluding carboxylic acids is 1. The van der Waals surface area contributed by atoms with E-state index in [2.05, 4.69) is 21.4 Å². The number of cyclic esters (lactones) is 1. The van der Waals surface area contributed by atoms with Crippen LogP contribution in [0.5, 0.6) is 0 Å². The van der Waals surface area contributed by atoms with Crippen molar-refractivity contribution in [2.45, 2.75) is 13.0 Å². The standard InChI is InChI=1S/C16H15N5O2/c1-11(13-4-2-12(10-17)3-5-13)19-15-18-7-6-14(20-15)21-8-9-23-16(21)22/h2-7,11H,8-9H2,1H3,(H,18,19,20)/t11-/m0/s1. The van der Waals surface area contributed by atoms with E-state index in [4.69, 9.17) is 10.00 Å². The van der Waals surface area contributed by atoms with E-state index in [9.17, 15) is 4.79 Å². The van der Waals surface area contributed by atoms with Crippen molar-refractivity contribution >= 4 is 17.9 Å². The highest BCUT2D eigenvalue weighted by Crippen LogP contribution is 2.20. The first-order valence-corrected chi connectivity index (χ1v) is 7.21. The summed E-state index contributed by atoms with van der Waals surface area (Å²) in [6.45, 7) is 2.83. The lowest BCUT2D eigenvalue weighted by molar-refractivity contribution is 0.181. The van der Waals surface area contributed by atoms with E-state index in [-0.39, 0.29) is 6.04 Å². The molecule has 1 aromatic carbocycles. The minimum absolute atomic E-state index is 0.0384. The van der Waals surface area contributed by atoms with Gasteiger partial charge < -0.3 is 10.1 Å². The van der Waals surface area contributed by atoms with Crippen molar-refractivity contribution in [3.63, 3.8) is 0 Å². The Morgan fingerprint density at radius 1 is 1.35 bits per heavy atom. The highest BCUT2D eigenvalue weighted by Gasteiger charge is 2.25. The Kier molecular flexibility index (Phi) is 4.06. The van der Waals surface area contributed by atoms with Gasteiger partial charge in [-0.05, 0) is 30.7 Å². The van der Waals surface area contributed by atoms with E-state index < -0.39 is 6.09 Å². The molecule has 1 amide bonds. The van der Waals surface area contributed by atoms with Gasteiger partial charge in [-0.1, -0.05) is 12.1 Å². The van der Waals surface area contributed by atoms with Gasteiger partial charge in [0.25, 0.3) is 0 Å². The van der Waals surface area contributed by atoms with Crippen LogP contribution in [0.1, 0.15) is 24.1 Å². The summed E-state index contributed by atoms with van der Waals surface area (Å²) in [5.74, 6) is 0.941. The molecule has 1 aliphatic heterocycles. The quantitative estimate of drug-likeness (QED) is 0.933. The highest BCUT2D eigenvalue weighted by molar-refractivity contribution is 5.88. The van der Waals surface area contributed by atoms with Crippen molar-refractivity contribution < 1.29 is 9.53 Å². The Balaban J connectivity index is 1.74. The van der Waals surface area contributed by atoms with Crippen LogP contribution in [0.3, 0.4) is 0 Å². The normalized spacial score (nSPS) is 15.0. The number of nitrogens with one attached hydrogen (secondary N) is 1. The maximum Gasteiger partial charge on any atom is 0.415 e. The molecule has 0 saturated carbocycles. The number of nitrogens with zero attached hydrogens (tertiary/aromatic N) is 4. The van der Waals surface area contributed by atoms with Gasteiger partial charge in [0.2, 0.25) is 5.95 Å². The SMILES string of the molecule is C[C@H](Nc1nccc(N2CCOC2=O)n1)c1ccc(C#N)cc1. The molecule has 116 valence electrons. The van der Waals surface area contributed by atoms with E-state index in [1.165, 1.54) is 4.90 Å². The molecule has 0 unspecified atom stereocenters. The zero-order chi connectivity index (χ0) is 16.2. The first kappa shape index (κ1) is 14.8. The fraction of sp³-hybridized carbons (Fsp3) is 0.250. The molecule has 1 atom stereocenters.